The minimum Gasteiger partial charge on any atom is -0.489 e. The fraction of sp³-hybridized carbons (Fsp3) is 0.250. The SMILES string of the molecule is COC(=O)c1ccc(C(C)Nc2nccc3c2N(Cc2cccc(Cl)c2)CCO3)cc1. The van der Waals surface area contributed by atoms with Gasteiger partial charge in [0.15, 0.2) is 5.82 Å². The van der Waals surface area contributed by atoms with E-state index in [4.69, 9.17) is 21.1 Å². The molecule has 1 N–H and O–H groups in total. The second-order valence-electron chi connectivity index (χ2n) is 7.39. The van der Waals surface area contributed by atoms with E-state index >= 15 is 0 Å². The summed E-state index contributed by atoms with van der Waals surface area (Å²) in [6, 6.07) is 17.1. The number of halogens is 1. The van der Waals surface area contributed by atoms with E-state index in [1.54, 1.807) is 18.3 Å². The average molecular weight is 438 g/mol. The van der Waals surface area contributed by atoms with Crippen LogP contribution >= 0.6 is 11.6 Å². The lowest BCUT2D eigenvalue weighted by atomic mass is 10.1. The maximum atomic E-state index is 11.7. The van der Waals surface area contributed by atoms with Crippen LogP contribution in [0, 0.1) is 0 Å². The first kappa shape index (κ1) is 21.0. The van der Waals surface area contributed by atoms with Gasteiger partial charge in [0.1, 0.15) is 18.0 Å². The fourth-order valence-corrected chi connectivity index (χ4v) is 3.88. The molecule has 7 heteroatoms. The van der Waals surface area contributed by atoms with Crippen molar-refractivity contribution in [3.05, 3.63) is 82.5 Å². The van der Waals surface area contributed by atoms with E-state index in [2.05, 4.69) is 28.2 Å². The number of carbonyl (C=O) groups is 1. The van der Waals surface area contributed by atoms with E-state index in [9.17, 15) is 4.79 Å². The summed E-state index contributed by atoms with van der Waals surface area (Å²) in [5, 5.41) is 4.22. The Kier molecular flexibility index (Phi) is 6.28. The number of ether oxygens (including phenoxy) is 2. The van der Waals surface area contributed by atoms with Crippen LogP contribution < -0.4 is 15.0 Å². The molecule has 31 heavy (non-hydrogen) atoms. The van der Waals surface area contributed by atoms with Crippen molar-refractivity contribution in [3.63, 3.8) is 0 Å². The van der Waals surface area contributed by atoms with Crippen LogP contribution in [0.4, 0.5) is 11.5 Å². The van der Waals surface area contributed by atoms with Crippen molar-refractivity contribution in [1.29, 1.82) is 0 Å². The third kappa shape index (κ3) is 4.75. The lowest BCUT2D eigenvalue weighted by Crippen LogP contribution is -2.33. The number of hydrogen-bond donors (Lipinski definition) is 1. The molecule has 0 bridgehead atoms. The topological polar surface area (TPSA) is 63.7 Å². The molecule has 6 nitrogen and oxygen atoms in total. The standard InChI is InChI=1S/C24H24ClN3O3/c1-16(18-6-8-19(9-7-18)24(29)30-2)27-23-22-21(10-11-26-23)31-13-12-28(22)15-17-4-3-5-20(25)14-17/h3-11,14,16H,12-13,15H2,1-2H3,(H,26,27). The normalized spacial score (nSPS) is 13.7. The zero-order valence-corrected chi connectivity index (χ0v) is 18.2. The molecule has 0 saturated heterocycles. The number of methoxy groups -OCH3 is 1. The summed E-state index contributed by atoms with van der Waals surface area (Å²) in [6.07, 6.45) is 1.75. The molecule has 1 aliphatic heterocycles. The number of hydrogen-bond acceptors (Lipinski definition) is 6. The molecule has 3 aromatic rings. The van der Waals surface area contributed by atoms with Crippen LogP contribution in [0.2, 0.25) is 5.02 Å². The van der Waals surface area contributed by atoms with Gasteiger partial charge in [-0.05, 0) is 42.3 Å². The molecule has 4 rings (SSSR count). The number of anilines is 2. The molecule has 1 unspecified atom stereocenters. The third-order valence-corrected chi connectivity index (χ3v) is 5.50. The van der Waals surface area contributed by atoms with Gasteiger partial charge >= 0.3 is 5.97 Å². The quantitative estimate of drug-likeness (QED) is 0.542. The van der Waals surface area contributed by atoms with Crippen LogP contribution in [0.1, 0.15) is 34.5 Å². The molecule has 0 saturated carbocycles. The first-order valence-corrected chi connectivity index (χ1v) is 10.5. The Hall–Kier alpha value is -3.25. The van der Waals surface area contributed by atoms with Crippen molar-refractivity contribution in [1.82, 2.24) is 4.98 Å². The Labute approximate surface area is 186 Å². The lowest BCUT2D eigenvalue weighted by Gasteiger charge is -2.33. The highest BCUT2D eigenvalue weighted by Crippen LogP contribution is 2.39. The molecule has 1 aliphatic rings. The smallest absolute Gasteiger partial charge is 0.337 e. The van der Waals surface area contributed by atoms with Crippen LogP contribution in [0.25, 0.3) is 0 Å². The predicted molar refractivity (Wildman–Crippen MR) is 122 cm³/mol. The Morgan fingerprint density at radius 2 is 2.06 bits per heavy atom. The summed E-state index contributed by atoms with van der Waals surface area (Å²) >= 11 is 6.17. The lowest BCUT2D eigenvalue weighted by molar-refractivity contribution is 0.0600. The molecule has 1 aromatic heterocycles. The van der Waals surface area contributed by atoms with Crippen molar-refractivity contribution >= 4 is 29.1 Å². The molecule has 160 valence electrons. The second-order valence-corrected chi connectivity index (χ2v) is 7.82. The molecular weight excluding hydrogens is 414 g/mol. The number of carbonyl (C=O) groups excluding carboxylic acids is 1. The molecule has 0 spiro atoms. The Morgan fingerprint density at radius 1 is 1.26 bits per heavy atom. The van der Waals surface area contributed by atoms with E-state index in [0.29, 0.717) is 18.7 Å². The van der Waals surface area contributed by atoms with Crippen molar-refractivity contribution in [2.24, 2.45) is 0 Å². The van der Waals surface area contributed by atoms with Gasteiger partial charge in [-0.3, -0.25) is 0 Å². The fourth-order valence-electron chi connectivity index (χ4n) is 3.67. The van der Waals surface area contributed by atoms with E-state index in [-0.39, 0.29) is 12.0 Å². The van der Waals surface area contributed by atoms with Crippen LogP contribution in [0.5, 0.6) is 5.75 Å². The number of esters is 1. The number of nitrogens with one attached hydrogen (secondary N) is 1. The minimum absolute atomic E-state index is 0.0272. The Morgan fingerprint density at radius 3 is 2.81 bits per heavy atom. The third-order valence-electron chi connectivity index (χ3n) is 5.27. The molecular formula is C24H24ClN3O3. The first-order valence-electron chi connectivity index (χ1n) is 10.1. The minimum atomic E-state index is -0.347. The van der Waals surface area contributed by atoms with E-state index in [1.165, 1.54) is 7.11 Å². The van der Waals surface area contributed by atoms with E-state index in [0.717, 1.165) is 39.9 Å². The number of fused-ring (bicyclic) bond motifs is 1. The van der Waals surface area contributed by atoms with Crippen molar-refractivity contribution in [2.45, 2.75) is 19.5 Å². The monoisotopic (exact) mass is 437 g/mol. The van der Waals surface area contributed by atoms with Gasteiger partial charge in [0.25, 0.3) is 0 Å². The van der Waals surface area contributed by atoms with Gasteiger partial charge < -0.3 is 19.7 Å². The number of nitrogens with zero attached hydrogens (tertiary/aromatic N) is 2. The number of pyridine rings is 1. The van der Waals surface area contributed by atoms with Crippen molar-refractivity contribution < 1.29 is 14.3 Å². The number of aromatic nitrogens is 1. The van der Waals surface area contributed by atoms with Gasteiger partial charge in [-0.25, -0.2) is 9.78 Å². The Bertz CT molecular complexity index is 1070. The highest BCUT2D eigenvalue weighted by molar-refractivity contribution is 6.30. The maximum absolute atomic E-state index is 11.7. The van der Waals surface area contributed by atoms with Gasteiger partial charge in [-0.2, -0.15) is 0 Å². The highest BCUT2D eigenvalue weighted by atomic mass is 35.5. The van der Waals surface area contributed by atoms with Crippen molar-refractivity contribution in [3.8, 4) is 5.75 Å². The number of benzene rings is 2. The first-order chi connectivity index (χ1) is 15.0. The summed E-state index contributed by atoms with van der Waals surface area (Å²) in [5.74, 6) is 1.21. The molecule has 0 amide bonds. The van der Waals surface area contributed by atoms with Gasteiger partial charge in [0.05, 0.1) is 25.3 Å². The van der Waals surface area contributed by atoms with E-state index in [1.807, 2.05) is 36.4 Å². The van der Waals surface area contributed by atoms with Crippen LogP contribution in [0.3, 0.4) is 0 Å². The summed E-state index contributed by atoms with van der Waals surface area (Å²) in [7, 11) is 1.38. The zero-order valence-electron chi connectivity index (χ0n) is 17.5. The molecule has 0 aliphatic carbocycles. The largest absolute Gasteiger partial charge is 0.489 e. The highest BCUT2D eigenvalue weighted by Gasteiger charge is 2.24. The summed E-state index contributed by atoms with van der Waals surface area (Å²) in [4.78, 5) is 18.5. The van der Waals surface area contributed by atoms with Gasteiger partial charge in [-0.15, -0.1) is 0 Å². The zero-order chi connectivity index (χ0) is 21.8. The van der Waals surface area contributed by atoms with Crippen LogP contribution in [-0.2, 0) is 11.3 Å². The second kappa shape index (κ2) is 9.27. The Balaban J connectivity index is 1.57. The molecule has 0 radical (unpaired) electrons. The molecule has 2 heterocycles. The molecule has 1 atom stereocenters. The van der Waals surface area contributed by atoms with Gasteiger partial charge in [-0.1, -0.05) is 35.9 Å². The predicted octanol–water partition coefficient (Wildman–Crippen LogP) is 5.09. The summed E-state index contributed by atoms with van der Waals surface area (Å²) in [6.45, 7) is 4.13. The van der Waals surface area contributed by atoms with Crippen LogP contribution in [0.15, 0.2) is 60.8 Å². The van der Waals surface area contributed by atoms with Crippen molar-refractivity contribution in [2.75, 3.05) is 30.5 Å². The van der Waals surface area contributed by atoms with Crippen LogP contribution in [-0.4, -0.2) is 31.2 Å². The number of rotatable bonds is 6. The average Bonchev–Trinajstić information content (AvgIpc) is 2.79. The summed E-state index contributed by atoms with van der Waals surface area (Å²) < 4.78 is 10.7. The molecule has 2 aromatic carbocycles. The summed E-state index contributed by atoms with van der Waals surface area (Å²) in [5.41, 5.74) is 3.62. The van der Waals surface area contributed by atoms with Gasteiger partial charge in [0.2, 0.25) is 0 Å². The van der Waals surface area contributed by atoms with E-state index < -0.39 is 0 Å². The molecule has 0 fully saturated rings. The van der Waals surface area contributed by atoms with Gasteiger partial charge in [0, 0.05) is 23.8 Å². The maximum Gasteiger partial charge on any atom is 0.337 e.